The lowest BCUT2D eigenvalue weighted by Crippen LogP contribution is -2.42. The fraction of sp³-hybridized carbons (Fsp3) is 0.194. The van der Waals surface area contributed by atoms with E-state index in [2.05, 4.69) is 5.32 Å². The predicted octanol–water partition coefficient (Wildman–Crippen LogP) is 5.42. The third-order valence-corrected chi connectivity index (χ3v) is 8.17. The Hall–Kier alpha value is -4.30. The van der Waals surface area contributed by atoms with Crippen LogP contribution in [0.5, 0.6) is 11.5 Å². The van der Waals surface area contributed by atoms with Gasteiger partial charge in [-0.15, -0.1) is 0 Å². The van der Waals surface area contributed by atoms with Gasteiger partial charge in [-0.1, -0.05) is 77.9 Å². The van der Waals surface area contributed by atoms with Crippen LogP contribution < -0.4 is 19.1 Å². The normalized spacial score (nSPS) is 11.9. The highest BCUT2D eigenvalue weighted by atomic mass is 32.2. The molecule has 4 rings (SSSR count). The van der Waals surface area contributed by atoms with Crippen molar-refractivity contribution < 1.29 is 22.7 Å². The van der Waals surface area contributed by atoms with Crippen molar-refractivity contribution in [1.82, 2.24) is 5.32 Å². The second-order valence-electron chi connectivity index (χ2n) is 9.18. The average Bonchev–Trinajstić information content (AvgIpc) is 2.95. The van der Waals surface area contributed by atoms with Crippen LogP contribution in [0.2, 0.25) is 0 Å². The highest BCUT2D eigenvalue weighted by Gasteiger charge is 2.31. The van der Waals surface area contributed by atoms with Crippen molar-refractivity contribution >= 4 is 21.6 Å². The van der Waals surface area contributed by atoms with Gasteiger partial charge in [0.1, 0.15) is 18.0 Å². The number of nitrogens with one attached hydrogen (secondary N) is 1. The van der Waals surface area contributed by atoms with Crippen molar-refractivity contribution in [2.24, 2.45) is 0 Å². The Balaban J connectivity index is 1.75. The standard InChI is InChI=1S/C31H32N2O5S/c1-22-10-14-25(15-11-22)31(24-8-6-5-7-9-24)32-30(34)21-33(28-20-26(37-3)16-19-29(28)38-4)39(35,36)27-17-12-23(2)13-18-27/h5-20,31H,21H2,1-4H3,(H,32,34). The monoisotopic (exact) mass is 544 g/mol. The molecule has 0 aliphatic carbocycles. The fourth-order valence-electron chi connectivity index (χ4n) is 4.23. The van der Waals surface area contributed by atoms with Crippen LogP contribution >= 0.6 is 0 Å². The van der Waals surface area contributed by atoms with Gasteiger partial charge in [-0.05, 0) is 49.2 Å². The molecule has 0 saturated heterocycles. The summed E-state index contributed by atoms with van der Waals surface area (Å²) in [4.78, 5) is 13.7. The summed E-state index contributed by atoms with van der Waals surface area (Å²) in [5.41, 5.74) is 3.96. The topological polar surface area (TPSA) is 84.9 Å². The molecule has 0 fully saturated rings. The van der Waals surface area contributed by atoms with E-state index in [0.29, 0.717) is 5.75 Å². The Morgan fingerprint density at radius 2 is 1.38 bits per heavy atom. The molecule has 0 radical (unpaired) electrons. The van der Waals surface area contributed by atoms with Gasteiger partial charge in [-0.3, -0.25) is 9.10 Å². The van der Waals surface area contributed by atoms with Crippen molar-refractivity contribution in [3.05, 3.63) is 119 Å². The molecule has 39 heavy (non-hydrogen) atoms. The molecule has 202 valence electrons. The number of nitrogens with zero attached hydrogens (tertiary/aromatic N) is 1. The molecule has 4 aromatic rings. The van der Waals surface area contributed by atoms with Crippen molar-refractivity contribution in [2.75, 3.05) is 25.1 Å². The van der Waals surface area contributed by atoms with E-state index in [-0.39, 0.29) is 16.3 Å². The van der Waals surface area contributed by atoms with Crippen LogP contribution in [-0.2, 0) is 14.8 Å². The first-order chi connectivity index (χ1) is 18.7. The SMILES string of the molecule is COc1ccc(OC)c(N(CC(=O)NC(c2ccccc2)c2ccc(C)cc2)S(=O)(=O)c2ccc(C)cc2)c1. The molecule has 1 N–H and O–H groups in total. The van der Waals surface area contributed by atoms with Gasteiger partial charge in [0, 0.05) is 6.07 Å². The maximum atomic E-state index is 14.0. The summed E-state index contributed by atoms with van der Waals surface area (Å²) in [7, 11) is -1.22. The molecule has 7 nitrogen and oxygen atoms in total. The van der Waals surface area contributed by atoms with E-state index in [1.54, 1.807) is 30.3 Å². The number of hydrogen-bond acceptors (Lipinski definition) is 5. The number of methoxy groups -OCH3 is 2. The third kappa shape index (κ3) is 6.41. The maximum absolute atomic E-state index is 14.0. The quantitative estimate of drug-likeness (QED) is 0.288. The van der Waals surface area contributed by atoms with Crippen molar-refractivity contribution in [2.45, 2.75) is 24.8 Å². The molecule has 0 spiro atoms. The largest absolute Gasteiger partial charge is 0.497 e. The van der Waals surface area contributed by atoms with Crippen LogP contribution in [0, 0.1) is 13.8 Å². The van der Waals surface area contributed by atoms with Gasteiger partial charge in [0.05, 0.1) is 30.8 Å². The molecule has 4 aromatic carbocycles. The number of ether oxygens (including phenoxy) is 2. The van der Waals surface area contributed by atoms with Gasteiger partial charge in [0.15, 0.2) is 0 Å². The Morgan fingerprint density at radius 1 is 0.795 bits per heavy atom. The lowest BCUT2D eigenvalue weighted by atomic mass is 9.98. The molecule has 1 unspecified atom stereocenters. The lowest BCUT2D eigenvalue weighted by molar-refractivity contribution is -0.120. The zero-order chi connectivity index (χ0) is 28.0. The zero-order valence-electron chi connectivity index (χ0n) is 22.4. The van der Waals surface area contributed by atoms with E-state index in [1.165, 1.54) is 26.4 Å². The Labute approximate surface area is 230 Å². The zero-order valence-corrected chi connectivity index (χ0v) is 23.2. The summed E-state index contributed by atoms with van der Waals surface area (Å²) in [6, 6.07) is 28.3. The molecular formula is C31H32N2O5S. The number of aryl methyl sites for hydroxylation is 2. The molecule has 1 amide bonds. The first-order valence-corrected chi connectivity index (χ1v) is 13.9. The number of sulfonamides is 1. The second kappa shape index (κ2) is 12.0. The number of carbonyl (C=O) groups excluding carboxylic acids is 1. The average molecular weight is 545 g/mol. The number of rotatable bonds is 10. The van der Waals surface area contributed by atoms with Gasteiger partial charge < -0.3 is 14.8 Å². The Bertz CT molecular complexity index is 1520. The third-order valence-electron chi connectivity index (χ3n) is 6.40. The summed E-state index contributed by atoms with van der Waals surface area (Å²) in [5.74, 6) is 0.236. The van der Waals surface area contributed by atoms with E-state index in [1.807, 2.05) is 68.4 Å². The number of amides is 1. The van der Waals surface area contributed by atoms with Crippen LogP contribution in [0.25, 0.3) is 0 Å². The lowest BCUT2D eigenvalue weighted by Gasteiger charge is -2.27. The van der Waals surface area contributed by atoms with Crippen molar-refractivity contribution in [1.29, 1.82) is 0 Å². The molecule has 8 heteroatoms. The summed E-state index contributed by atoms with van der Waals surface area (Å²) in [6.07, 6.45) is 0. The molecular weight excluding hydrogens is 512 g/mol. The number of benzene rings is 4. The first-order valence-electron chi connectivity index (χ1n) is 12.4. The summed E-state index contributed by atoms with van der Waals surface area (Å²) in [6.45, 7) is 3.39. The summed E-state index contributed by atoms with van der Waals surface area (Å²) in [5, 5.41) is 3.05. The van der Waals surface area contributed by atoms with Crippen LogP contribution in [0.4, 0.5) is 5.69 Å². The van der Waals surface area contributed by atoms with Crippen molar-refractivity contribution in [3.8, 4) is 11.5 Å². The van der Waals surface area contributed by atoms with Crippen LogP contribution in [-0.4, -0.2) is 35.1 Å². The highest BCUT2D eigenvalue weighted by Crippen LogP contribution is 2.36. The second-order valence-corrected chi connectivity index (χ2v) is 11.0. The van der Waals surface area contributed by atoms with Crippen LogP contribution in [0.1, 0.15) is 28.3 Å². The van der Waals surface area contributed by atoms with E-state index < -0.39 is 28.5 Å². The molecule has 0 saturated carbocycles. The number of carbonyl (C=O) groups is 1. The van der Waals surface area contributed by atoms with Gasteiger partial charge in [0.25, 0.3) is 10.0 Å². The molecule has 0 aliphatic rings. The minimum absolute atomic E-state index is 0.0592. The number of hydrogen-bond donors (Lipinski definition) is 1. The number of anilines is 1. The maximum Gasteiger partial charge on any atom is 0.264 e. The molecule has 0 heterocycles. The Kier molecular flexibility index (Phi) is 8.56. The van der Waals surface area contributed by atoms with E-state index in [4.69, 9.17) is 9.47 Å². The van der Waals surface area contributed by atoms with E-state index >= 15 is 0 Å². The van der Waals surface area contributed by atoms with Gasteiger partial charge in [-0.2, -0.15) is 0 Å². The minimum atomic E-state index is -4.16. The first kappa shape index (κ1) is 27.7. The Morgan fingerprint density at radius 3 is 1.97 bits per heavy atom. The molecule has 0 aromatic heterocycles. The van der Waals surface area contributed by atoms with Crippen molar-refractivity contribution in [3.63, 3.8) is 0 Å². The molecule has 0 aliphatic heterocycles. The summed E-state index contributed by atoms with van der Waals surface area (Å²) >= 11 is 0. The van der Waals surface area contributed by atoms with E-state index in [9.17, 15) is 13.2 Å². The van der Waals surface area contributed by atoms with Gasteiger partial charge >= 0.3 is 0 Å². The van der Waals surface area contributed by atoms with Crippen LogP contribution in [0.15, 0.2) is 102 Å². The highest BCUT2D eigenvalue weighted by molar-refractivity contribution is 7.92. The molecule has 0 bridgehead atoms. The smallest absolute Gasteiger partial charge is 0.264 e. The van der Waals surface area contributed by atoms with E-state index in [0.717, 1.165) is 26.6 Å². The van der Waals surface area contributed by atoms with Gasteiger partial charge in [0.2, 0.25) is 5.91 Å². The molecule has 1 atom stereocenters. The fourth-order valence-corrected chi connectivity index (χ4v) is 5.65. The van der Waals surface area contributed by atoms with Gasteiger partial charge in [-0.25, -0.2) is 8.42 Å². The predicted molar refractivity (Wildman–Crippen MR) is 153 cm³/mol. The summed E-state index contributed by atoms with van der Waals surface area (Å²) < 4.78 is 39.8. The van der Waals surface area contributed by atoms with Crippen LogP contribution in [0.3, 0.4) is 0 Å². The minimum Gasteiger partial charge on any atom is -0.497 e.